The van der Waals surface area contributed by atoms with E-state index in [1.54, 1.807) is 0 Å². The quantitative estimate of drug-likeness (QED) is 0.583. The lowest BCUT2D eigenvalue weighted by Gasteiger charge is -2.23. The lowest BCUT2D eigenvalue weighted by atomic mass is 9.90. The molecule has 0 aromatic carbocycles. The van der Waals surface area contributed by atoms with Gasteiger partial charge in [-0.2, -0.15) is 11.8 Å². The zero-order valence-electron chi connectivity index (χ0n) is 9.81. The predicted molar refractivity (Wildman–Crippen MR) is 66.0 cm³/mol. The van der Waals surface area contributed by atoms with E-state index in [1.807, 2.05) is 11.8 Å². The van der Waals surface area contributed by atoms with E-state index in [0.29, 0.717) is 6.61 Å². The van der Waals surface area contributed by atoms with Crippen LogP contribution in [0.25, 0.3) is 0 Å². The van der Waals surface area contributed by atoms with Crippen LogP contribution in [0.5, 0.6) is 0 Å². The first-order valence-electron chi connectivity index (χ1n) is 5.51. The first kappa shape index (κ1) is 14.3. The van der Waals surface area contributed by atoms with Crippen molar-refractivity contribution in [1.29, 1.82) is 0 Å². The lowest BCUT2D eigenvalue weighted by Crippen LogP contribution is -2.31. The number of hydrogen-bond acceptors (Lipinski definition) is 3. The molecule has 0 spiro atoms. The molecule has 0 atom stereocenters. The van der Waals surface area contributed by atoms with Crippen LogP contribution in [0.3, 0.4) is 0 Å². The second kappa shape index (κ2) is 8.57. The third-order valence-electron chi connectivity index (χ3n) is 2.24. The summed E-state index contributed by atoms with van der Waals surface area (Å²) in [7, 11) is 0. The Morgan fingerprint density at radius 2 is 2.07 bits per heavy atom. The molecule has 3 heteroatoms. The molecule has 0 unspecified atom stereocenters. The summed E-state index contributed by atoms with van der Waals surface area (Å²) in [5, 5.41) is 12.3. The highest BCUT2D eigenvalue weighted by molar-refractivity contribution is 7.99. The SMILES string of the molecule is CCSCCCNCC(C)(C)CCO. The maximum atomic E-state index is 8.84. The molecule has 0 saturated carbocycles. The van der Waals surface area contributed by atoms with Crippen LogP contribution < -0.4 is 5.32 Å². The van der Waals surface area contributed by atoms with Crippen molar-refractivity contribution in [2.24, 2.45) is 5.41 Å². The number of aliphatic hydroxyl groups is 1. The number of rotatable bonds is 9. The van der Waals surface area contributed by atoms with E-state index in [9.17, 15) is 0 Å². The Morgan fingerprint density at radius 3 is 2.64 bits per heavy atom. The number of aliphatic hydroxyl groups excluding tert-OH is 1. The van der Waals surface area contributed by atoms with Crippen LogP contribution in [0, 0.1) is 5.41 Å². The highest BCUT2D eigenvalue weighted by Crippen LogP contribution is 2.17. The van der Waals surface area contributed by atoms with E-state index >= 15 is 0 Å². The molecule has 14 heavy (non-hydrogen) atoms. The van der Waals surface area contributed by atoms with Crippen LogP contribution in [0.15, 0.2) is 0 Å². The van der Waals surface area contributed by atoms with Crippen LogP contribution in [0.4, 0.5) is 0 Å². The summed E-state index contributed by atoms with van der Waals surface area (Å²) in [6.45, 7) is 8.98. The van der Waals surface area contributed by atoms with Gasteiger partial charge in [0.25, 0.3) is 0 Å². The zero-order chi connectivity index (χ0) is 10.9. The Balaban J connectivity index is 3.26. The zero-order valence-corrected chi connectivity index (χ0v) is 10.6. The van der Waals surface area contributed by atoms with Gasteiger partial charge < -0.3 is 10.4 Å². The van der Waals surface area contributed by atoms with E-state index in [-0.39, 0.29) is 5.41 Å². The average Bonchev–Trinajstić information content (AvgIpc) is 2.11. The van der Waals surface area contributed by atoms with Crippen molar-refractivity contribution in [3.05, 3.63) is 0 Å². The van der Waals surface area contributed by atoms with Gasteiger partial charge in [0.15, 0.2) is 0 Å². The van der Waals surface area contributed by atoms with Gasteiger partial charge >= 0.3 is 0 Å². The van der Waals surface area contributed by atoms with Crippen molar-refractivity contribution < 1.29 is 5.11 Å². The van der Waals surface area contributed by atoms with Gasteiger partial charge in [-0.05, 0) is 36.3 Å². The van der Waals surface area contributed by atoms with E-state index in [0.717, 1.165) is 19.5 Å². The van der Waals surface area contributed by atoms with E-state index in [4.69, 9.17) is 5.11 Å². The Hall–Kier alpha value is 0.270. The highest BCUT2D eigenvalue weighted by Gasteiger charge is 2.15. The topological polar surface area (TPSA) is 32.3 Å². The Labute approximate surface area is 92.9 Å². The average molecular weight is 219 g/mol. The normalized spacial score (nSPS) is 12.0. The largest absolute Gasteiger partial charge is 0.396 e. The molecule has 2 N–H and O–H groups in total. The first-order chi connectivity index (χ1) is 6.62. The van der Waals surface area contributed by atoms with Gasteiger partial charge in [-0.25, -0.2) is 0 Å². The second-order valence-corrected chi connectivity index (χ2v) is 5.76. The summed E-state index contributed by atoms with van der Waals surface area (Å²) in [6.07, 6.45) is 2.12. The minimum absolute atomic E-state index is 0.229. The Morgan fingerprint density at radius 1 is 1.36 bits per heavy atom. The summed E-state index contributed by atoms with van der Waals surface area (Å²) in [6, 6.07) is 0. The number of thioether (sulfide) groups is 1. The number of nitrogens with one attached hydrogen (secondary N) is 1. The van der Waals surface area contributed by atoms with Crippen LogP contribution >= 0.6 is 11.8 Å². The molecule has 0 aliphatic heterocycles. The Bertz CT molecular complexity index is 128. The van der Waals surface area contributed by atoms with Gasteiger partial charge in [0, 0.05) is 13.2 Å². The van der Waals surface area contributed by atoms with Gasteiger partial charge in [0.2, 0.25) is 0 Å². The summed E-state index contributed by atoms with van der Waals surface area (Å²) in [5.74, 6) is 2.47. The van der Waals surface area contributed by atoms with Crippen LogP contribution in [0.2, 0.25) is 0 Å². The van der Waals surface area contributed by atoms with Crippen molar-refractivity contribution in [1.82, 2.24) is 5.32 Å². The predicted octanol–water partition coefficient (Wildman–Crippen LogP) is 2.13. The maximum absolute atomic E-state index is 8.84. The molecule has 0 aliphatic rings. The van der Waals surface area contributed by atoms with E-state index < -0.39 is 0 Å². The van der Waals surface area contributed by atoms with Gasteiger partial charge in [-0.3, -0.25) is 0 Å². The molecular weight excluding hydrogens is 194 g/mol. The van der Waals surface area contributed by atoms with Crippen molar-refractivity contribution in [3.63, 3.8) is 0 Å². The van der Waals surface area contributed by atoms with Crippen molar-refractivity contribution in [2.75, 3.05) is 31.2 Å². The van der Waals surface area contributed by atoms with Crippen molar-refractivity contribution >= 4 is 11.8 Å². The monoisotopic (exact) mass is 219 g/mol. The molecule has 0 saturated heterocycles. The molecule has 0 aliphatic carbocycles. The molecule has 0 bridgehead atoms. The molecule has 0 heterocycles. The van der Waals surface area contributed by atoms with E-state index in [1.165, 1.54) is 17.9 Å². The molecule has 2 nitrogen and oxygen atoms in total. The minimum Gasteiger partial charge on any atom is -0.396 e. The molecule has 0 aromatic heterocycles. The number of hydrogen-bond donors (Lipinski definition) is 2. The highest BCUT2D eigenvalue weighted by atomic mass is 32.2. The summed E-state index contributed by atoms with van der Waals surface area (Å²) in [5.41, 5.74) is 0.229. The van der Waals surface area contributed by atoms with Gasteiger partial charge in [0.05, 0.1) is 0 Å². The molecule has 0 radical (unpaired) electrons. The van der Waals surface area contributed by atoms with Crippen molar-refractivity contribution in [2.45, 2.75) is 33.6 Å². The lowest BCUT2D eigenvalue weighted by molar-refractivity contribution is 0.207. The fourth-order valence-corrected chi connectivity index (χ4v) is 1.90. The van der Waals surface area contributed by atoms with Crippen LogP contribution in [-0.4, -0.2) is 36.3 Å². The first-order valence-corrected chi connectivity index (χ1v) is 6.67. The molecule has 0 rings (SSSR count). The molecular formula is C11H25NOS. The van der Waals surface area contributed by atoms with Gasteiger partial charge in [0.1, 0.15) is 0 Å². The third kappa shape index (κ3) is 8.85. The molecule has 0 aromatic rings. The van der Waals surface area contributed by atoms with E-state index in [2.05, 4.69) is 26.1 Å². The van der Waals surface area contributed by atoms with Crippen LogP contribution in [0.1, 0.15) is 33.6 Å². The summed E-state index contributed by atoms with van der Waals surface area (Å²) in [4.78, 5) is 0. The second-order valence-electron chi connectivity index (χ2n) is 4.37. The van der Waals surface area contributed by atoms with Crippen molar-refractivity contribution in [3.8, 4) is 0 Å². The third-order valence-corrected chi connectivity index (χ3v) is 3.22. The fourth-order valence-electron chi connectivity index (χ4n) is 1.26. The van der Waals surface area contributed by atoms with Gasteiger partial charge in [-0.1, -0.05) is 20.8 Å². The summed E-state index contributed by atoms with van der Waals surface area (Å²) < 4.78 is 0. The molecule has 0 amide bonds. The standard InChI is InChI=1S/C11H25NOS/c1-4-14-9-5-7-12-10-11(2,3)6-8-13/h12-13H,4-10H2,1-3H3. The van der Waals surface area contributed by atoms with Gasteiger partial charge in [-0.15, -0.1) is 0 Å². The van der Waals surface area contributed by atoms with Crippen LogP contribution in [-0.2, 0) is 0 Å². The Kier molecular flexibility index (Phi) is 8.73. The minimum atomic E-state index is 0.229. The maximum Gasteiger partial charge on any atom is 0.0436 e. The fraction of sp³-hybridized carbons (Fsp3) is 1.00. The molecule has 86 valence electrons. The summed E-state index contributed by atoms with van der Waals surface area (Å²) >= 11 is 2.00. The smallest absolute Gasteiger partial charge is 0.0436 e. The molecule has 0 fully saturated rings.